The second kappa shape index (κ2) is 28.7. The molecule has 10 nitrogen and oxygen atoms in total. The number of aryl methyl sites for hydroxylation is 1. The quantitative estimate of drug-likeness (QED) is 0.130. The van der Waals surface area contributed by atoms with Gasteiger partial charge >= 0.3 is 5.97 Å². The monoisotopic (exact) mass is 572 g/mol. The Labute approximate surface area is 240 Å². The second-order valence-electron chi connectivity index (χ2n) is 9.13. The van der Waals surface area contributed by atoms with Gasteiger partial charge in [-0.05, 0) is 30.5 Å². The largest absolute Gasteiger partial charge is 0.491 e. The first-order valence-corrected chi connectivity index (χ1v) is 14.7. The summed E-state index contributed by atoms with van der Waals surface area (Å²) in [4.78, 5) is 10.3. The first kappa shape index (κ1) is 36.2. The molecule has 0 fully saturated rings. The van der Waals surface area contributed by atoms with E-state index >= 15 is 0 Å². The summed E-state index contributed by atoms with van der Waals surface area (Å²) in [5.74, 6) is -0.111. The molecule has 0 aliphatic rings. The molecule has 1 aromatic carbocycles. The summed E-state index contributed by atoms with van der Waals surface area (Å²) in [5, 5.41) is 8.42. The van der Waals surface area contributed by atoms with Crippen molar-refractivity contribution < 1.29 is 47.8 Å². The Bertz CT molecular complexity index is 671. The molecule has 0 atom stereocenters. The number of carbonyl (C=O) groups is 1. The predicted molar refractivity (Wildman–Crippen MR) is 152 cm³/mol. The van der Waals surface area contributed by atoms with Crippen molar-refractivity contribution in [1.82, 2.24) is 0 Å². The number of rotatable bonds is 31. The number of hydrogen-bond donors (Lipinski definition) is 1. The second-order valence-corrected chi connectivity index (χ2v) is 9.13. The van der Waals surface area contributed by atoms with Crippen LogP contribution in [0.1, 0.15) is 51.0 Å². The van der Waals surface area contributed by atoms with Crippen molar-refractivity contribution in [2.45, 2.75) is 51.9 Å². The minimum absolute atomic E-state index is 0.249. The topological polar surface area (TPSA) is 111 Å². The van der Waals surface area contributed by atoms with Crippen LogP contribution < -0.4 is 4.74 Å². The van der Waals surface area contributed by atoms with Crippen LogP contribution in [0.25, 0.3) is 0 Å². The van der Waals surface area contributed by atoms with E-state index in [0.29, 0.717) is 85.9 Å². The molecule has 40 heavy (non-hydrogen) atoms. The van der Waals surface area contributed by atoms with Crippen LogP contribution >= 0.6 is 0 Å². The van der Waals surface area contributed by atoms with Crippen LogP contribution in [-0.4, -0.2) is 110 Å². The standard InChI is InChI=1S/C30H52O10/c1-2-3-4-5-6-7-8-28-9-11-29(12-10-28)40-26-25-38-22-21-36-18-17-34-14-13-33-15-16-35-19-20-37-23-24-39-27-30(31)32/h9-12H,2-8,13-27H2,1H3,(H,31,32). The fourth-order valence-electron chi connectivity index (χ4n) is 3.56. The van der Waals surface area contributed by atoms with Gasteiger partial charge in [-0.2, -0.15) is 0 Å². The lowest BCUT2D eigenvalue weighted by Crippen LogP contribution is -2.15. The average molecular weight is 573 g/mol. The summed E-state index contributed by atoms with van der Waals surface area (Å²) in [5.41, 5.74) is 1.37. The number of benzene rings is 1. The Balaban J connectivity index is 1.75. The molecule has 1 N–H and O–H groups in total. The van der Waals surface area contributed by atoms with Crippen LogP contribution in [0.3, 0.4) is 0 Å². The van der Waals surface area contributed by atoms with Crippen LogP contribution in [-0.2, 0) is 44.4 Å². The van der Waals surface area contributed by atoms with Crippen molar-refractivity contribution in [1.29, 1.82) is 0 Å². The molecule has 0 aromatic heterocycles. The lowest BCUT2D eigenvalue weighted by Gasteiger charge is -2.09. The van der Waals surface area contributed by atoms with E-state index in [2.05, 4.69) is 19.1 Å². The van der Waals surface area contributed by atoms with Crippen molar-refractivity contribution in [3.8, 4) is 5.75 Å². The highest BCUT2D eigenvalue weighted by atomic mass is 16.6. The highest BCUT2D eigenvalue weighted by molar-refractivity contribution is 5.67. The Hall–Kier alpha value is -1.79. The third-order valence-corrected chi connectivity index (χ3v) is 5.70. The molecule has 0 saturated heterocycles. The Morgan fingerprint density at radius 2 is 0.950 bits per heavy atom. The molecule has 0 saturated carbocycles. The highest BCUT2D eigenvalue weighted by Crippen LogP contribution is 2.15. The summed E-state index contributed by atoms with van der Waals surface area (Å²) in [6.07, 6.45) is 9.07. The van der Waals surface area contributed by atoms with Gasteiger partial charge in [-0.15, -0.1) is 0 Å². The Morgan fingerprint density at radius 1 is 0.550 bits per heavy atom. The molecule has 0 aliphatic heterocycles. The summed E-state index contributed by atoms with van der Waals surface area (Å²) < 4.78 is 43.2. The fourth-order valence-corrected chi connectivity index (χ4v) is 3.56. The Morgan fingerprint density at radius 3 is 1.40 bits per heavy atom. The van der Waals surface area contributed by atoms with Crippen LogP contribution in [0, 0.1) is 0 Å². The van der Waals surface area contributed by atoms with Gasteiger partial charge in [-0.25, -0.2) is 4.79 Å². The van der Waals surface area contributed by atoms with Crippen molar-refractivity contribution in [2.24, 2.45) is 0 Å². The molecular formula is C30H52O10. The smallest absolute Gasteiger partial charge is 0.329 e. The zero-order valence-electron chi connectivity index (χ0n) is 24.5. The van der Waals surface area contributed by atoms with Crippen LogP contribution in [0.5, 0.6) is 5.75 Å². The van der Waals surface area contributed by atoms with E-state index in [4.69, 9.17) is 43.0 Å². The number of aliphatic carboxylic acids is 1. The normalized spacial score (nSPS) is 11.2. The van der Waals surface area contributed by atoms with Gasteiger partial charge in [-0.1, -0.05) is 51.2 Å². The van der Waals surface area contributed by atoms with Crippen LogP contribution in [0.15, 0.2) is 24.3 Å². The molecule has 0 heterocycles. The molecular weight excluding hydrogens is 520 g/mol. The summed E-state index contributed by atoms with van der Waals surface area (Å²) in [6.45, 7) is 8.43. The molecule has 0 unspecified atom stereocenters. The molecule has 0 aliphatic carbocycles. The van der Waals surface area contributed by atoms with E-state index in [1.165, 1.54) is 44.1 Å². The van der Waals surface area contributed by atoms with E-state index in [-0.39, 0.29) is 13.2 Å². The third-order valence-electron chi connectivity index (χ3n) is 5.70. The van der Waals surface area contributed by atoms with E-state index in [9.17, 15) is 4.79 Å². The van der Waals surface area contributed by atoms with Gasteiger partial charge in [0, 0.05) is 0 Å². The lowest BCUT2D eigenvalue weighted by atomic mass is 10.0. The highest BCUT2D eigenvalue weighted by Gasteiger charge is 1.99. The molecule has 1 rings (SSSR count). The van der Waals surface area contributed by atoms with Gasteiger partial charge in [0.15, 0.2) is 0 Å². The number of unbranched alkanes of at least 4 members (excludes halogenated alkanes) is 5. The maximum absolute atomic E-state index is 10.3. The van der Waals surface area contributed by atoms with E-state index < -0.39 is 5.97 Å². The van der Waals surface area contributed by atoms with Gasteiger partial charge in [-0.3, -0.25) is 0 Å². The SMILES string of the molecule is CCCCCCCCc1ccc(OCCOCCOCCOCCOCCOCCOCCOCC(=O)O)cc1. The predicted octanol–water partition coefficient (Wildman–Crippen LogP) is 4.17. The summed E-state index contributed by atoms with van der Waals surface area (Å²) in [7, 11) is 0. The average Bonchev–Trinajstić information content (AvgIpc) is 2.96. The van der Waals surface area contributed by atoms with E-state index in [1.807, 2.05) is 12.1 Å². The van der Waals surface area contributed by atoms with E-state index in [0.717, 1.165) is 12.2 Å². The van der Waals surface area contributed by atoms with Crippen LogP contribution in [0.4, 0.5) is 0 Å². The summed E-state index contributed by atoms with van der Waals surface area (Å²) >= 11 is 0. The lowest BCUT2D eigenvalue weighted by molar-refractivity contribution is -0.142. The van der Waals surface area contributed by atoms with Gasteiger partial charge in [0.25, 0.3) is 0 Å². The minimum atomic E-state index is -0.990. The maximum Gasteiger partial charge on any atom is 0.329 e. The molecule has 232 valence electrons. The number of carboxylic acids is 1. The van der Waals surface area contributed by atoms with Crippen molar-refractivity contribution in [2.75, 3.05) is 99.1 Å². The molecule has 0 spiro atoms. The minimum Gasteiger partial charge on any atom is -0.491 e. The first-order chi connectivity index (χ1) is 19.7. The molecule has 0 amide bonds. The molecule has 10 heteroatoms. The van der Waals surface area contributed by atoms with Gasteiger partial charge in [0.2, 0.25) is 0 Å². The van der Waals surface area contributed by atoms with Gasteiger partial charge < -0.3 is 43.0 Å². The fraction of sp³-hybridized carbons (Fsp3) is 0.767. The number of carboxylic acid groups (broad SMARTS) is 1. The molecule has 0 radical (unpaired) electrons. The summed E-state index contributed by atoms with van der Waals surface area (Å²) in [6, 6.07) is 8.40. The molecule has 1 aromatic rings. The zero-order chi connectivity index (χ0) is 28.8. The molecule has 0 bridgehead atoms. The number of hydrogen-bond acceptors (Lipinski definition) is 9. The van der Waals surface area contributed by atoms with Gasteiger partial charge in [0.05, 0.1) is 85.9 Å². The third kappa shape index (κ3) is 25.2. The van der Waals surface area contributed by atoms with E-state index in [1.54, 1.807) is 0 Å². The first-order valence-electron chi connectivity index (χ1n) is 14.7. The van der Waals surface area contributed by atoms with Gasteiger partial charge in [0.1, 0.15) is 19.0 Å². The number of ether oxygens (including phenoxy) is 8. The van der Waals surface area contributed by atoms with Crippen molar-refractivity contribution in [3.05, 3.63) is 29.8 Å². The van der Waals surface area contributed by atoms with Crippen molar-refractivity contribution >= 4 is 5.97 Å². The van der Waals surface area contributed by atoms with Crippen LogP contribution in [0.2, 0.25) is 0 Å². The Kier molecular flexibility index (Phi) is 26.0. The maximum atomic E-state index is 10.3. The zero-order valence-corrected chi connectivity index (χ0v) is 24.5. The van der Waals surface area contributed by atoms with Crippen molar-refractivity contribution in [3.63, 3.8) is 0 Å².